The van der Waals surface area contributed by atoms with E-state index in [-0.39, 0.29) is 11.8 Å². The lowest BCUT2D eigenvalue weighted by molar-refractivity contribution is -0.117. The summed E-state index contributed by atoms with van der Waals surface area (Å²) >= 11 is 0. The highest BCUT2D eigenvalue weighted by Gasteiger charge is 2.16. The summed E-state index contributed by atoms with van der Waals surface area (Å²) in [4.78, 5) is 34.8. The van der Waals surface area contributed by atoms with Gasteiger partial charge in [-0.1, -0.05) is 6.92 Å². The highest BCUT2D eigenvalue weighted by Crippen LogP contribution is 2.33. The van der Waals surface area contributed by atoms with Gasteiger partial charge in [0.25, 0.3) is 0 Å². The van der Waals surface area contributed by atoms with Gasteiger partial charge >= 0.3 is 0 Å². The summed E-state index contributed by atoms with van der Waals surface area (Å²) in [5.74, 6) is 0.0561. The van der Waals surface area contributed by atoms with Crippen molar-refractivity contribution < 1.29 is 9.59 Å². The number of anilines is 3. The summed E-state index contributed by atoms with van der Waals surface area (Å²) in [6, 6.07) is 11.9. The zero-order valence-electron chi connectivity index (χ0n) is 22.5. The van der Waals surface area contributed by atoms with Gasteiger partial charge in [0.05, 0.1) is 16.7 Å². The molecule has 202 valence electrons. The van der Waals surface area contributed by atoms with Gasteiger partial charge in [0.2, 0.25) is 11.8 Å². The van der Waals surface area contributed by atoms with Crippen LogP contribution in [0.5, 0.6) is 0 Å². The van der Waals surface area contributed by atoms with Crippen LogP contribution in [0.2, 0.25) is 0 Å². The fraction of sp³-hybridized carbons (Fsp3) is 0.500. The maximum absolute atomic E-state index is 12.6. The molecule has 2 aliphatic rings. The predicted octanol–water partition coefficient (Wildman–Crippen LogP) is 5.06. The summed E-state index contributed by atoms with van der Waals surface area (Å²) in [7, 11) is 0. The van der Waals surface area contributed by atoms with Crippen LogP contribution in [0, 0.1) is 0 Å². The van der Waals surface area contributed by atoms with Gasteiger partial charge in [-0.05, 0) is 94.7 Å². The van der Waals surface area contributed by atoms with Crippen LogP contribution in [-0.2, 0) is 9.59 Å². The number of pyridine rings is 1. The van der Waals surface area contributed by atoms with Gasteiger partial charge in [-0.15, -0.1) is 0 Å². The van der Waals surface area contributed by atoms with E-state index < -0.39 is 0 Å². The first kappa shape index (κ1) is 26.4. The minimum Gasteiger partial charge on any atom is -0.384 e. The first-order valence-electron chi connectivity index (χ1n) is 14.2. The van der Waals surface area contributed by atoms with Crippen LogP contribution >= 0.6 is 0 Å². The molecular formula is C30H40N6O2. The molecule has 0 radical (unpaired) electrons. The molecule has 8 heteroatoms. The quantitative estimate of drug-likeness (QED) is 0.309. The summed E-state index contributed by atoms with van der Waals surface area (Å²) in [5, 5.41) is 11.7. The van der Waals surface area contributed by atoms with E-state index in [4.69, 9.17) is 4.98 Å². The van der Waals surface area contributed by atoms with Gasteiger partial charge in [-0.3, -0.25) is 9.59 Å². The zero-order chi connectivity index (χ0) is 26.3. The number of nitrogens with one attached hydrogen (secondary N) is 3. The first-order chi connectivity index (χ1) is 18.6. The Hall–Kier alpha value is -3.23. The monoisotopic (exact) mass is 516 g/mol. The Kier molecular flexibility index (Phi) is 8.71. The molecule has 1 aromatic heterocycles. The van der Waals surface area contributed by atoms with Gasteiger partial charge in [0.1, 0.15) is 0 Å². The lowest BCUT2D eigenvalue weighted by atomic mass is 10.1. The number of benzene rings is 2. The minimum absolute atomic E-state index is 0.0281. The number of fused-ring (bicyclic) bond motifs is 2. The van der Waals surface area contributed by atoms with Crippen molar-refractivity contribution in [3.8, 4) is 0 Å². The lowest BCUT2D eigenvalue weighted by Gasteiger charge is -2.16. The molecular weight excluding hydrogens is 476 g/mol. The summed E-state index contributed by atoms with van der Waals surface area (Å²) in [5.41, 5.74) is 4.16. The Labute approximate surface area is 225 Å². The van der Waals surface area contributed by atoms with E-state index in [9.17, 15) is 9.59 Å². The largest absolute Gasteiger partial charge is 0.384 e. The van der Waals surface area contributed by atoms with Crippen molar-refractivity contribution in [3.05, 3.63) is 36.4 Å². The SMILES string of the molecule is CCCNc1c2ccc(NC(=O)CCN3CCCC3)cc2nc2cc(NC(=O)CCN3CCCC3)ccc12. The standard InChI is InChI=1S/C30H40N6O2/c1-2-13-31-30-24-9-7-22(32-28(37)11-18-35-14-3-4-15-35)20-26(24)34-27-21-23(8-10-25(27)30)33-29(38)12-19-36-16-5-6-17-36/h7-10,20-21H,2-6,11-19H2,1H3,(H,31,34)(H,32,37)(H,33,38). The minimum atomic E-state index is 0.0281. The normalized spacial score (nSPS) is 16.3. The molecule has 0 saturated carbocycles. The van der Waals surface area contributed by atoms with Gasteiger partial charge in [0.15, 0.2) is 0 Å². The molecule has 3 N–H and O–H groups in total. The molecule has 5 rings (SSSR count). The van der Waals surface area contributed by atoms with Crippen LogP contribution < -0.4 is 16.0 Å². The van der Waals surface area contributed by atoms with E-state index >= 15 is 0 Å². The molecule has 2 amide bonds. The predicted molar refractivity (Wildman–Crippen MR) is 156 cm³/mol. The van der Waals surface area contributed by atoms with Crippen LogP contribution in [-0.4, -0.2) is 72.4 Å². The van der Waals surface area contributed by atoms with Crippen molar-refractivity contribution >= 4 is 50.7 Å². The Morgan fingerprint density at radius 1 is 0.763 bits per heavy atom. The number of hydrogen-bond donors (Lipinski definition) is 3. The highest BCUT2D eigenvalue weighted by molar-refractivity contribution is 6.09. The van der Waals surface area contributed by atoms with Gasteiger partial charge in [-0.25, -0.2) is 4.98 Å². The molecule has 2 aromatic carbocycles. The second-order valence-electron chi connectivity index (χ2n) is 10.6. The molecule has 0 spiro atoms. The number of carbonyl (C=O) groups is 2. The Bertz CT molecular complexity index is 1190. The van der Waals surface area contributed by atoms with Gasteiger partial charge < -0.3 is 25.8 Å². The summed E-state index contributed by atoms with van der Waals surface area (Å²) in [6.45, 7) is 8.97. The highest BCUT2D eigenvalue weighted by atomic mass is 16.2. The van der Waals surface area contributed by atoms with Crippen molar-refractivity contribution in [2.24, 2.45) is 0 Å². The maximum Gasteiger partial charge on any atom is 0.225 e. The second-order valence-corrected chi connectivity index (χ2v) is 10.6. The van der Waals surface area contributed by atoms with E-state index in [0.29, 0.717) is 12.8 Å². The fourth-order valence-electron chi connectivity index (χ4n) is 5.52. The average molecular weight is 517 g/mol. The van der Waals surface area contributed by atoms with Crippen LogP contribution in [0.3, 0.4) is 0 Å². The number of amides is 2. The molecule has 2 fully saturated rings. The number of likely N-dealkylation sites (tertiary alicyclic amines) is 2. The molecule has 0 bridgehead atoms. The van der Waals surface area contributed by atoms with Crippen LogP contribution in [0.25, 0.3) is 21.8 Å². The molecule has 0 atom stereocenters. The molecule has 8 nitrogen and oxygen atoms in total. The van der Waals surface area contributed by atoms with E-state index in [1.807, 2.05) is 36.4 Å². The smallest absolute Gasteiger partial charge is 0.225 e. The third kappa shape index (κ3) is 6.60. The third-order valence-corrected chi connectivity index (χ3v) is 7.60. The van der Waals surface area contributed by atoms with Crippen molar-refractivity contribution in [2.75, 3.05) is 61.8 Å². The van der Waals surface area contributed by atoms with Crippen molar-refractivity contribution in [3.63, 3.8) is 0 Å². The van der Waals surface area contributed by atoms with Gasteiger partial charge in [-0.2, -0.15) is 0 Å². The molecule has 2 saturated heterocycles. The van der Waals surface area contributed by atoms with Crippen LogP contribution in [0.4, 0.5) is 17.1 Å². The van der Waals surface area contributed by atoms with Crippen molar-refractivity contribution in [2.45, 2.75) is 51.9 Å². The fourth-order valence-corrected chi connectivity index (χ4v) is 5.52. The summed E-state index contributed by atoms with van der Waals surface area (Å²) in [6.07, 6.45) is 6.89. The Morgan fingerprint density at radius 3 is 1.68 bits per heavy atom. The molecule has 3 heterocycles. The second kappa shape index (κ2) is 12.5. The molecule has 2 aliphatic heterocycles. The molecule has 0 unspecified atom stereocenters. The van der Waals surface area contributed by atoms with Crippen LogP contribution in [0.1, 0.15) is 51.9 Å². The number of hydrogen-bond acceptors (Lipinski definition) is 6. The molecule has 3 aromatic rings. The first-order valence-corrected chi connectivity index (χ1v) is 14.2. The number of rotatable bonds is 11. The van der Waals surface area contributed by atoms with Gasteiger partial charge in [0, 0.05) is 54.6 Å². The Morgan fingerprint density at radius 2 is 1.24 bits per heavy atom. The van der Waals surface area contributed by atoms with Crippen molar-refractivity contribution in [1.29, 1.82) is 0 Å². The lowest BCUT2D eigenvalue weighted by Crippen LogP contribution is -2.25. The average Bonchev–Trinajstić information content (AvgIpc) is 3.63. The topological polar surface area (TPSA) is 89.6 Å². The third-order valence-electron chi connectivity index (χ3n) is 7.60. The van der Waals surface area contributed by atoms with E-state index in [2.05, 4.69) is 32.7 Å². The maximum atomic E-state index is 12.6. The zero-order valence-corrected chi connectivity index (χ0v) is 22.5. The number of aromatic nitrogens is 1. The number of carbonyl (C=O) groups excluding carboxylic acids is 2. The Balaban J connectivity index is 1.34. The molecule has 38 heavy (non-hydrogen) atoms. The van der Waals surface area contributed by atoms with E-state index in [1.165, 1.54) is 25.7 Å². The summed E-state index contributed by atoms with van der Waals surface area (Å²) < 4.78 is 0. The van der Waals surface area contributed by atoms with E-state index in [1.54, 1.807) is 0 Å². The molecule has 0 aliphatic carbocycles. The van der Waals surface area contributed by atoms with Crippen LogP contribution in [0.15, 0.2) is 36.4 Å². The van der Waals surface area contributed by atoms with E-state index in [0.717, 1.165) is 91.1 Å². The van der Waals surface area contributed by atoms with Crippen molar-refractivity contribution in [1.82, 2.24) is 14.8 Å². The number of nitrogens with zero attached hydrogens (tertiary/aromatic N) is 3.